The number of benzene rings is 2. The molecule has 1 atom stereocenters. The molecule has 2 rings (SSSR count). The quantitative estimate of drug-likeness (QED) is 0.654. The van der Waals surface area contributed by atoms with Crippen LogP contribution in [0.1, 0.15) is 28.9 Å². The van der Waals surface area contributed by atoms with Gasteiger partial charge in [-0.2, -0.15) is 0 Å². The first-order valence-electron chi connectivity index (χ1n) is 9.18. The van der Waals surface area contributed by atoms with Gasteiger partial charge < -0.3 is 25.6 Å². The Balaban J connectivity index is 1.95. The summed E-state index contributed by atoms with van der Waals surface area (Å²) in [6.07, 6.45) is 0. The number of nitrogens with one attached hydrogen (secondary N) is 3. The van der Waals surface area contributed by atoms with Crippen LogP contribution in [0.25, 0.3) is 0 Å². The van der Waals surface area contributed by atoms with Crippen LogP contribution in [0.2, 0.25) is 0 Å². The maximum absolute atomic E-state index is 12.3. The fraction of sp³-hybridized carbons (Fsp3) is 0.333. The molecule has 0 aliphatic heterocycles. The predicted octanol–water partition coefficient (Wildman–Crippen LogP) is 2.87. The summed E-state index contributed by atoms with van der Waals surface area (Å²) in [6, 6.07) is 14.3. The zero-order valence-corrected chi connectivity index (χ0v) is 16.8. The standard InChI is InChI=1S/C21H28N4O3/c1-5-22-20(26)15-9-11-17(12-10-15)24-21(27)23-14-19(25(2)3)16-7-6-8-18(13-16)28-4/h6-13,19H,5,14H2,1-4H3,(H,22,26)(H2,23,24,27). The first kappa shape index (κ1) is 21.2. The number of urea groups is 1. The highest BCUT2D eigenvalue weighted by molar-refractivity contribution is 5.95. The summed E-state index contributed by atoms with van der Waals surface area (Å²) in [5.74, 6) is 0.645. The number of carbonyl (C=O) groups excluding carboxylic acids is 2. The molecule has 0 fully saturated rings. The average Bonchev–Trinajstić information content (AvgIpc) is 2.68. The van der Waals surface area contributed by atoms with Gasteiger partial charge in [0, 0.05) is 24.3 Å². The van der Waals surface area contributed by atoms with Crippen LogP contribution in [0.3, 0.4) is 0 Å². The normalized spacial score (nSPS) is 11.6. The molecule has 28 heavy (non-hydrogen) atoms. The van der Waals surface area contributed by atoms with Crippen LogP contribution in [-0.4, -0.2) is 51.1 Å². The zero-order chi connectivity index (χ0) is 20.5. The lowest BCUT2D eigenvalue weighted by molar-refractivity contribution is 0.0956. The second kappa shape index (κ2) is 10.3. The summed E-state index contributed by atoms with van der Waals surface area (Å²) in [6.45, 7) is 2.87. The second-order valence-corrected chi connectivity index (χ2v) is 6.53. The summed E-state index contributed by atoms with van der Waals surface area (Å²) in [4.78, 5) is 26.1. The first-order valence-corrected chi connectivity index (χ1v) is 9.18. The highest BCUT2D eigenvalue weighted by Gasteiger charge is 2.16. The van der Waals surface area contributed by atoms with Crippen molar-refractivity contribution < 1.29 is 14.3 Å². The van der Waals surface area contributed by atoms with E-state index in [1.807, 2.05) is 50.2 Å². The van der Waals surface area contributed by atoms with Gasteiger partial charge in [0.05, 0.1) is 13.2 Å². The monoisotopic (exact) mass is 384 g/mol. The summed E-state index contributed by atoms with van der Waals surface area (Å²) >= 11 is 0. The molecule has 1 unspecified atom stereocenters. The maximum atomic E-state index is 12.3. The fourth-order valence-electron chi connectivity index (χ4n) is 2.78. The van der Waals surface area contributed by atoms with Gasteiger partial charge in [-0.25, -0.2) is 4.79 Å². The van der Waals surface area contributed by atoms with Crippen molar-refractivity contribution in [2.45, 2.75) is 13.0 Å². The van der Waals surface area contributed by atoms with Crippen LogP contribution >= 0.6 is 0 Å². The van der Waals surface area contributed by atoms with E-state index in [9.17, 15) is 9.59 Å². The van der Waals surface area contributed by atoms with Crippen molar-refractivity contribution >= 4 is 17.6 Å². The SMILES string of the molecule is CCNC(=O)c1ccc(NC(=O)NCC(c2cccc(OC)c2)N(C)C)cc1. The van der Waals surface area contributed by atoms with E-state index in [1.54, 1.807) is 31.4 Å². The molecule has 7 heteroatoms. The average molecular weight is 384 g/mol. The van der Waals surface area contributed by atoms with Gasteiger partial charge in [-0.1, -0.05) is 12.1 Å². The van der Waals surface area contributed by atoms with E-state index in [-0.39, 0.29) is 18.0 Å². The molecule has 2 aromatic carbocycles. The zero-order valence-electron chi connectivity index (χ0n) is 16.8. The van der Waals surface area contributed by atoms with Crippen LogP contribution < -0.4 is 20.7 Å². The van der Waals surface area contributed by atoms with Gasteiger partial charge in [-0.3, -0.25) is 4.79 Å². The van der Waals surface area contributed by atoms with Crippen LogP contribution in [0, 0.1) is 0 Å². The molecule has 0 saturated heterocycles. The minimum atomic E-state index is -0.305. The largest absolute Gasteiger partial charge is 0.497 e. The van der Waals surface area contributed by atoms with E-state index in [2.05, 4.69) is 16.0 Å². The second-order valence-electron chi connectivity index (χ2n) is 6.53. The number of ether oxygens (including phenoxy) is 1. The van der Waals surface area contributed by atoms with Crippen molar-refractivity contribution in [2.75, 3.05) is 39.6 Å². The Morgan fingerprint density at radius 3 is 2.39 bits per heavy atom. The highest BCUT2D eigenvalue weighted by atomic mass is 16.5. The van der Waals surface area contributed by atoms with E-state index in [0.29, 0.717) is 24.3 Å². The van der Waals surface area contributed by atoms with Crippen LogP contribution in [-0.2, 0) is 0 Å². The molecule has 0 saturated carbocycles. The van der Waals surface area contributed by atoms with Gasteiger partial charge in [0.25, 0.3) is 5.91 Å². The molecular formula is C21H28N4O3. The third-order valence-corrected chi connectivity index (χ3v) is 4.30. The third kappa shape index (κ3) is 5.99. The van der Waals surface area contributed by atoms with Gasteiger partial charge in [-0.15, -0.1) is 0 Å². The summed E-state index contributed by atoms with van der Waals surface area (Å²) < 4.78 is 5.28. The summed E-state index contributed by atoms with van der Waals surface area (Å²) in [7, 11) is 5.56. The molecule has 3 amide bonds. The fourth-order valence-corrected chi connectivity index (χ4v) is 2.78. The Kier molecular flexibility index (Phi) is 7.83. The number of rotatable bonds is 8. The van der Waals surface area contributed by atoms with Crippen LogP contribution in [0.4, 0.5) is 10.5 Å². The van der Waals surface area contributed by atoms with Crippen molar-refractivity contribution in [1.29, 1.82) is 0 Å². The molecule has 0 bridgehead atoms. The molecule has 150 valence electrons. The van der Waals surface area contributed by atoms with Gasteiger partial charge in [0.2, 0.25) is 0 Å². The Morgan fingerprint density at radius 2 is 1.79 bits per heavy atom. The lowest BCUT2D eigenvalue weighted by Gasteiger charge is -2.25. The molecule has 7 nitrogen and oxygen atoms in total. The van der Waals surface area contributed by atoms with Gasteiger partial charge in [-0.05, 0) is 63.0 Å². The third-order valence-electron chi connectivity index (χ3n) is 4.30. The number of nitrogens with zero attached hydrogens (tertiary/aromatic N) is 1. The summed E-state index contributed by atoms with van der Waals surface area (Å²) in [5, 5.41) is 8.41. The number of carbonyl (C=O) groups is 2. The number of anilines is 1. The van der Waals surface area contributed by atoms with Crippen molar-refractivity contribution in [3.63, 3.8) is 0 Å². The Labute approximate surface area is 166 Å². The predicted molar refractivity (Wildman–Crippen MR) is 111 cm³/mol. The number of hydrogen-bond acceptors (Lipinski definition) is 4. The number of likely N-dealkylation sites (N-methyl/N-ethyl adjacent to an activating group) is 1. The Bertz CT molecular complexity index is 790. The topological polar surface area (TPSA) is 82.7 Å². The molecule has 0 aromatic heterocycles. The van der Waals surface area contributed by atoms with Gasteiger partial charge >= 0.3 is 6.03 Å². The molecular weight excluding hydrogens is 356 g/mol. The lowest BCUT2D eigenvalue weighted by atomic mass is 10.1. The summed E-state index contributed by atoms with van der Waals surface area (Å²) in [5.41, 5.74) is 2.22. The van der Waals surface area contributed by atoms with Gasteiger partial charge in [0.15, 0.2) is 0 Å². The molecule has 0 aliphatic rings. The van der Waals surface area contributed by atoms with E-state index < -0.39 is 0 Å². The molecule has 0 aliphatic carbocycles. The highest BCUT2D eigenvalue weighted by Crippen LogP contribution is 2.22. The Morgan fingerprint density at radius 1 is 1.07 bits per heavy atom. The molecule has 0 radical (unpaired) electrons. The van der Waals surface area contributed by atoms with Crippen molar-refractivity contribution in [3.05, 3.63) is 59.7 Å². The smallest absolute Gasteiger partial charge is 0.319 e. The minimum absolute atomic E-state index is 0.000894. The minimum Gasteiger partial charge on any atom is -0.497 e. The van der Waals surface area contributed by atoms with Crippen molar-refractivity contribution in [1.82, 2.24) is 15.5 Å². The van der Waals surface area contributed by atoms with Crippen molar-refractivity contribution in [3.8, 4) is 5.75 Å². The van der Waals surface area contributed by atoms with E-state index in [0.717, 1.165) is 11.3 Å². The number of hydrogen-bond donors (Lipinski definition) is 3. The number of methoxy groups -OCH3 is 1. The lowest BCUT2D eigenvalue weighted by Crippen LogP contribution is -2.36. The Hall–Kier alpha value is -3.06. The molecule has 0 heterocycles. The van der Waals surface area contributed by atoms with Crippen molar-refractivity contribution in [2.24, 2.45) is 0 Å². The van der Waals surface area contributed by atoms with E-state index >= 15 is 0 Å². The van der Waals surface area contributed by atoms with Gasteiger partial charge in [0.1, 0.15) is 5.75 Å². The molecule has 2 aromatic rings. The van der Waals surface area contributed by atoms with Crippen LogP contribution in [0.5, 0.6) is 5.75 Å². The maximum Gasteiger partial charge on any atom is 0.319 e. The number of amides is 3. The molecule has 0 spiro atoms. The van der Waals surface area contributed by atoms with Crippen LogP contribution in [0.15, 0.2) is 48.5 Å². The van der Waals surface area contributed by atoms with E-state index in [4.69, 9.17) is 4.74 Å². The van der Waals surface area contributed by atoms with E-state index in [1.165, 1.54) is 0 Å². The molecule has 3 N–H and O–H groups in total. The first-order chi connectivity index (χ1) is 13.4.